The van der Waals surface area contributed by atoms with Gasteiger partial charge in [-0.2, -0.15) is 0 Å². The van der Waals surface area contributed by atoms with Gasteiger partial charge in [0.05, 0.1) is 6.61 Å². The van der Waals surface area contributed by atoms with Crippen LogP contribution in [0.4, 0.5) is 4.39 Å². The third kappa shape index (κ3) is 4.81. The summed E-state index contributed by atoms with van der Waals surface area (Å²) in [5, 5.41) is 11.9. The molecule has 0 radical (unpaired) electrons. The molecule has 0 aromatic heterocycles. The van der Waals surface area contributed by atoms with Crippen molar-refractivity contribution in [3.63, 3.8) is 0 Å². The monoisotopic (exact) mass is 255 g/mol. The first-order chi connectivity index (χ1) is 8.52. The summed E-state index contributed by atoms with van der Waals surface area (Å²) >= 11 is 0. The normalized spacial score (nSPS) is 14.2. The maximum atomic E-state index is 12.7. The minimum atomic E-state index is -0.942. The van der Waals surface area contributed by atoms with E-state index in [9.17, 15) is 9.18 Å². The Morgan fingerprint density at radius 3 is 2.56 bits per heavy atom. The Bertz CT molecular complexity index is 380. The lowest BCUT2D eigenvalue weighted by molar-refractivity contribution is -0.141. The van der Waals surface area contributed by atoms with E-state index in [0.717, 1.165) is 5.56 Å². The molecule has 0 spiro atoms. The highest BCUT2D eigenvalue weighted by Gasteiger charge is 2.19. The second-order valence-corrected chi connectivity index (χ2v) is 4.24. The topological polar surface area (TPSA) is 58.6 Å². The summed E-state index contributed by atoms with van der Waals surface area (Å²) in [6, 6.07) is 5.41. The third-order valence-corrected chi connectivity index (χ3v) is 2.57. The van der Waals surface area contributed by atoms with E-state index in [1.807, 2.05) is 6.92 Å². The molecule has 0 heterocycles. The van der Waals surface area contributed by atoms with Crippen molar-refractivity contribution in [2.75, 3.05) is 13.7 Å². The van der Waals surface area contributed by atoms with Gasteiger partial charge in [0.15, 0.2) is 0 Å². The molecule has 2 atom stereocenters. The lowest BCUT2D eigenvalue weighted by Crippen LogP contribution is -2.45. The van der Waals surface area contributed by atoms with E-state index in [2.05, 4.69) is 5.32 Å². The summed E-state index contributed by atoms with van der Waals surface area (Å²) in [6.07, 6.45) is 0.633. The summed E-state index contributed by atoms with van der Waals surface area (Å²) in [5.74, 6) is -1.22. The molecular formula is C13H18FNO3. The molecule has 0 saturated carbocycles. The highest BCUT2D eigenvalue weighted by molar-refractivity contribution is 5.73. The molecule has 18 heavy (non-hydrogen) atoms. The first-order valence-corrected chi connectivity index (χ1v) is 5.75. The Balaban J connectivity index is 2.51. The largest absolute Gasteiger partial charge is 0.480 e. The van der Waals surface area contributed by atoms with Crippen molar-refractivity contribution in [1.82, 2.24) is 5.32 Å². The SMILES string of the molecule is COCC(NC(C)Cc1ccc(F)cc1)C(=O)O. The Labute approximate surface area is 106 Å². The van der Waals surface area contributed by atoms with Crippen LogP contribution < -0.4 is 5.32 Å². The summed E-state index contributed by atoms with van der Waals surface area (Å²) in [5.41, 5.74) is 0.956. The van der Waals surface area contributed by atoms with Gasteiger partial charge in [-0.1, -0.05) is 12.1 Å². The van der Waals surface area contributed by atoms with Crippen molar-refractivity contribution >= 4 is 5.97 Å². The second-order valence-electron chi connectivity index (χ2n) is 4.24. The van der Waals surface area contributed by atoms with E-state index >= 15 is 0 Å². The van der Waals surface area contributed by atoms with Crippen LogP contribution >= 0.6 is 0 Å². The number of hydrogen-bond donors (Lipinski definition) is 2. The van der Waals surface area contributed by atoms with Crippen molar-refractivity contribution in [3.8, 4) is 0 Å². The Morgan fingerprint density at radius 1 is 1.44 bits per heavy atom. The highest BCUT2D eigenvalue weighted by atomic mass is 19.1. The molecule has 1 rings (SSSR count). The molecule has 0 fully saturated rings. The molecule has 4 nitrogen and oxygen atoms in total. The van der Waals surface area contributed by atoms with Crippen molar-refractivity contribution < 1.29 is 19.0 Å². The lowest BCUT2D eigenvalue weighted by atomic mass is 10.1. The minimum Gasteiger partial charge on any atom is -0.480 e. The van der Waals surface area contributed by atoms with Crippen LogP contribution in [0, 0.1) is 5.82 Å². The molecule has 0 bridgehead atoms. The van der Waals surface area contributed by atoms with E-state index in [4.69, 9.17) is 9.84 Å². The molecule has 0 aliphatic rings. The van der Waals surface area contributed by atoms with Crippen LogP contribution in [-0.2, 0) is 16.0 Å². The summed E-state index contributed by atoms with van der Waals surface area (Å²) in [6.45, 7) is 2.00. The zero-order valence-corrected chi connectivity index (χ0v) is 10.5. The number of carboxylic acids is 1. The maximum Gasteiger partial charge on any atom is 0.323 e. The Kier molecular flexibility index (Phi) is 5.74. The number of benzene rings is 1. The molecule has 2 unspecified atom stereocenters. The van der Waals surface area contributed by atoms with Crippen LogP contribution in [-0.4, -0.2) is 36.9 Å². The fraction of sp³-hybridized carbons (Fsp3) is 0.462. The molecule has 5 heteroatoms. The van der Waals surface area contributed by atoms with Crippen LogP contribution in [0.25, 0.3) is 0 Å². The van der Waals surface area contributed by atoms with Gasteiger partial charge in [-0.15, -0.1) is 0 Å². The van der Waals surface area contributed by atoms with Gasteiger partial charge in [-0.05, 0) is 31.0 Å². The van der Waals surface area contributed by atoms with Crippen LogP contribution in [0.5, 0.6) is 0 Å². The smallest absolute Gasteiger partial charge is 0.323 e. The molecular weight excluding hydrogens is 237 g/mol. The predicted molar refractivity (Wildman–Crippen MR) is 66.0 cm³/mol. The molecule has 0 aliphatic heterocycles. The van der Waals surface area contributed by atoms with Crippen LogP contribution in [0.1, 0.15) is 12.5 Å². The van der Waals surface area contributed by atoms with Gasteiger partial charge in [-0.25, -0.2) is 4.39 Å². The molecule has 0 amide bonds. The number of ether oxygens (including phenoxy) is 1. The van der Waals surface area contributed by atoms with Crippen molar-refractivity contribution in [1.29, 1.82) is 0 Å². The summed E-state index contributed by atoms with van der Waals surface area (Å²) < 4.78 is 17.6. The summed E-state index contributed by atoms with van der Waals surface area (Å²) in [4.78, 5) is 10.9. The van der Waals surface area contributed by atoms with Crippen molar-refractivity contribution in [2.24, 2.45) is 0 Å². The van der Waals surface area contributed by atoms with E-state index in [0.29, 0.717) is 6.42 Å². The van der Waals surface area contributed by atoms with E-state index in [1.54, 1.807) is 12.1 Å². The standard InChI is InChI=1S/C13H18FNO3/c1-9(15-12(8-18-2)13(16)17)7-10-3-5-11(14)6-4-10/h3-6,9,12,15H,7-8H2,1-2H3,(H,16,17). The fourth-order valence-corrected chi connectivity index (χ4v) is 1.73. The average Bonchev–Trinajstić information content (AvgIpc) is 2.31. The van der Waals surface area contributed by atoms with Gasteiger partial charge in [-0.3, -0.25) is 10.1 Å². The molecule has 2 N–H and O–H groups in total. The number of halogens is 1. The van der Waals surface area contributed by atoms with E-state index < -0.39 is 12.0 Å². The van der Waals surface area contributed by atoms with Crippen LogP contribution in [0.3, 0.4) is 0 Å². The van der Waals surface area contributed by atoms with Gasteiger partial charge in [0, 0.05) is 13.2 Å². The fourth-order valence-electron chi connectivity index (χ4n) is 1.73. The first kappa shape index (κ1) is 14.6. The number of methoxy groups -OCH3 is 1. The number of nitrogens with one attached hydrogen (secondary N) is 1. The van der Waals surface area contributed by atoms with Gasteiger partial charge in [0.25, 0.3) is 0 Å². The quantitative estimate of drug-likeness (QED) is 0.774. The van der Waals surface area contributed by atoms with Gasteiger partial charge in [0.2, 0.25) is 0 Å². The Morgan fingerprint density at radius 2 is 2.06 bits per heavy atom. The molecule has 0 saturated heterocycles. The Hall–Kier alpha value is -1.46. The first-order valence-electron chi connectivity index (χ1n) is 5.75. The molecule has 1 aromatic rings. The molecule has 1 aromatic carbocycles. The maximum absolute atomic E-state index is 12.7. The van der Waals surface area contributed by atoms with Crippen molar-refractivity contribution in [3.05, 3.63) is 35.6 Å². The number of carboxylic acid groups (broad SMARTS) is 1. The van der Waals surface area contributed by atoms with Gasteiger partial charge >= 0.3 is 5.97 Å². The van der Waals surface area contributed by atoms with Crippen LogP contribution in [0.15, 0.2) is 24.3 Å². The third-order valence-electron chi connectivity index (χ3n) is 2.57. The number of rotatable bonds is 7. The zero-order chi connectivity index (χ0) is 13.5. The minimum absolute atomic E-state index is 0.0355. The van der Waals surface area contributed by atoms with E-state index in [1.165, 1.54) is 19.2 Å². The lowest BCUT2D eigenvalue weighted by Gasteiger charge is -2.19. The van der Waals surface area contributed by atoms with Gasteiger partial charge < -0.3 is 9.84 Å². The van der Waals surface area contributed by atoms with E-state index in [-0.39, 0.29) is 18.5 Å². The predicted octanol–water partition coefficient (Wildman–Crippen LogP) is 1.45. The average molecular weight is 255 g/mol. The second kappa shape index (κ2) is 7.08. The van der Waals surface area contributed by atoms with Crippen molar-refractivity contribution in [2.45, 2.75) is 25.4 Å². The molecule has 100 valence electrons. The number of hydrogen-bond acceptors (Lipinski definition) is 3. The number of aliphatic carboxylic acids is 1. The van der Waals surface area contributed by atoms with Crippen LogP contribution in [0.2, 0.25) is 0 Å². The number of carbonyl (C=O) groups is 1. The van der Waals surface area contributed by atoms with Gasteiger partial charge in [0.1, 0.15) is 11.9 Å². The summed E-state index contributed by atoms with van der Waals surface area (Å²) in [7, 11) is 1.46. The zero-order valence-electron chi connectivity index (χ0n) is 10.5. The highest BCUT2D eigenvalue weighted by Crippen LogP contribution is 2.06. The molecule has 0 aliphatic carbocycles.